The van der Waals surface area contributed by atoms with E-state index in [0.29, 0.717) is 0 Å². The zero-order valence-electron chi connectivity index (χ0n) is 14.3. The fourth-order valence-corrected chi connectivity index (χ4v) is 2.97. The Kier molecular flexibility index (Phi) is 6.40. The number of nitrogens with zero attached hydrogens (tertiary/aromatic N) is 2. The van der Waals surface area contributed by atoms with Crippen LogP contribution in [0.25, 0.3) is 0 Å². The third kappa shape index (κ3) is 3.42. The van der Waals surface area contributed by atoms with Crippen molar-refractivity contribution in [2.24, 2.45) is 0 Å². The largest absolute Gasteiger partial charge is 0.447 e. The zero-order chi connectivity index (χ0) is 28.2. The summed E-state index contributed by atoms with van der Waals surface area (Å²) in [5.74, 6) is 0. The Morgan fingerprint density at radius 1 is 0.471 bits per heavy atom. The molecular weight excluding hydrogens is 588 g/mol. The van der Waals surface area contributed by atoms with Gasteiger partial charge in [0, 0.05) is 0 Å². The molecule has 0 aromatic heterocycles. The molecule has 0 aliphatic carbocycles. The van der Waals surface area contributed by atoms with Crippen LogP contribution in [0.1, 0.15) is 0 Å². The monoisotopic (exact) mass is 590 g/mol. The summed E-state index contributed by atoms with van der Waals surface area (Å²) in [6.07, 6.45) is 0. The van der Waals surface area contributed by atoms with Crippen LogP contribution in [0.15, 0.2) is 0 Å². The summed E-state index contributed by atoms with van der Waals surface area (Å²) in [6.45, 7) is 0. The molecule has 1 aliphatic heterocycles. The van der Waals surface area contributed by atoms with Crippen molar-refractivity contribution in [2.75, 3.05) is 0 Å². The van der Waals surface area contributed by atoms with Crippen molar-refractivity contribution in [1.82, 2.24) is 9.80 Å². The maximum Gasteiger partial charge on any atom is 0.447 e. The summed E-state index contributed by atoms with van der Waals surface area (Å²) in [4.78, 5) is -9.31. The molecule has 1 rings (SSSR count). The number of rotatable bonds is 6. The third-order valence-electron chi connectivity index (χ3n) is 3.76. The second-order valence-electron chi connectivity index (χ2n) is 5.90. The molecule has 1 aliphatic rings. The van der Waals surface area contributed by atoms with E-state index in [1.165, 1.54) is 0 Å². The van der Waals surface area contributed by atoms with Crippen LogP contribution in [0.4, 0.5) is 70.2 Å². The van der Waals surface area contributed by atoms with Gasteiger partial charge in [0.05, 0.1) is 0 Å². The Morgan fingerprint density at radius 3 is 0.735 bits per heavy atom. The highest BCUT2D eigenvalue weighted by molar-refractivity contribution is 7.87. The highest BCUT2D eigenvalue weighted by Gasteiger charge is 2.96. The summed E-state index contributed by atoms with van der Waals surface area (Å²) < 4.78 is 275. The molecule has 2 N–H and O–H groups in total. The van der Waals surface area contributed by atoms with Gasteiger partial charge in [-0.25, -0.2) is 0 Å². The van der Waals surface area contributed by atoms with Gasteiger partial charge in [-0.3, -0.25) is 9.11 Å². The van der Waals surface area contributed by atoms with Crippen molar-refractivity contribution >= 4 is 20.2 Å². The molecule has 1 heterocycles. The smallest absolute Gasteiger partial charge is 0.281 e. The highest BCUT2D eigenvalue weighted by Crippen LogP contribution is 2.65. The molecule has 204 valence electrons. The molecule has 0 aromatic carbocycles. The molecule has 0 atom stereocenters. The average molecular weight is 590 g/mol. The topological polar surface area (TPSA) is 115 Å². The molecule has 26 heteroatoms. The van der Waals surface area contributed by atoms with E-state index in [-0.39, 0.29) is 0 Å². The molecule has 0 radical (unpaired) electrons. The van der Waals surface area contributed by atoms with Gasteiger partial charge < -0.3 is 0 Å². The van der Waals surface area contributed by atoms with Crippen molar-refractivity contribution in [2.45, 2.75) is 46.8 Å². The second kappa shape index (κ2) is 7.10. The van der Waals surface area contributed by atoms with E-state index in [2.05, 4.69) is 0 Å². The molecule has 8 nitrogen and oxygen atoms in total. The van der Waals surface area contributed by atoms with Crippen molar-refractivity contribution in [3.63, 3.8) is 0 Å². The van der Waals surface area contributed by atoms with E-state index in [0.717, 1.165) is 0 Å². The fraction of sp³-hybridized carbons (Fsp3) is 1.00. The van der Waals surface area contributed by atoms with Gasteiger partial charge in [0.15, 0.2) is 0 Å². The van der Waals surface area contributed by atoms with E-state index in [1.54, 1.807) is 0 Å². The standard InChI is InChI=1S/C8H2F16N2O6S2/c9-1(10)2(11,12)26(6(19,20)8(23,24)34(30,31)32)4(15,16)3(13,14)25(1)5(17,18)7(21,22)33(27,28)29/h(H,27,28,29)(H,30,31,32). The summed E-state index contributed by atoms with van der Waals surface area (Å²) in [5.41, 5.74) is 0. The molecule has 34 heavy (non-hydrogen) atoms. The molecule has 0 amide bonds. The van der Waals surface area contributed by atoms with Gasteiger partial charge >= 0.3 is 67.0 Å². The molecule has 0 bridgehead atoms. The second-order valence-corrected chi connectivity index (χ2v) is 8.83. The van der Waals surface area contributed by atoms with Crippen LogP contribution >= 0.6 is 0 Å². The Morgan fingerprint density at radius 2 is 0.618 bits per heavy atom. The first kappa shape index (κ1) is 30.7. The van der Waals surface area contributed by atoms with E-state index in [1.807, 2.05) is 0 Å². The molecule has 0 saturated carbocycles. The van der Waals surface area contributed by atoms with E-state index in [9.17, 15) is 87.1 Å². The molecule has 1 fully saturated rings. The maximum atomic E-state index is 13.8. The summed E-state index contributed by atoms with van der Waals surface area (Å²) >= 11 is 0. The number of hydrogen-bond acceptors (Lipinski definition) is 6. The Bertz CT molecular complexity index is 943. The molecule has 0 aromatic rings. The Labute approximate surface area is 174 Å². The first-order valence-electron chi connectivity index (χ1n) is 6.81. The van der Waals surface area contributed by atoms with Crippen LogP contribution < -0.4 is 0 Å². The first-order valence-corrected chi connectivity index (χ1v) is 9.69. The number of alkyl halides is 16. The summed E-state index contributed by atoms with van der Waals surface area (Å²) in [5, 5.41) is -15.6. The quantitative estimate of drug-likeness (QED) is 0.276. The minimum Gasteiger partial charge on any atom is -0.281 e. The van der Waals surface area contributed by atoms with Crippen LogP contribution in [0.5, 0.6) is 0 Å². The van der Waals surface area contributed by atoms with Gasteiger partial charge in [-0.1, -0.05) is 0 Å². The van der Waals surface area contributed by atoms with Crippen molar-refractivity contribution in [1.29, 1.82) is 0 Å². The summed E-state index contributed by atoms with van der Waals surface area (Å²) in [7, 11) is -15.9. The van der Waals surface area contributed by atoms with Crippen LogP contribution in [-0.2, 0) is 20.2 Å². The maximum absolute atomic E-state index is 13.8. The number of hydrogen-bond donors (Lipinski definition) is 2. The van der Waals surface area contributed by atoms with Crippen LogP contribution in [0, 0.1) is 0 Å². The van der Waals surface area contributed by atoms with E-state index in [4.69, 9.17) is 9.11 Å². The summed E-state index contributed by atoms with van der Waals surface area (Å²) in [6, 6.07) is -49.9. The number of piperazine rings is 1. The van der Waals surface area contributed by atoms with Gasteiger partial charge in [0.1, 0.15) is 0 Å². The molecule has 0 unspecified atom stereocenters. The highest BCUT2D eigenvalue weighted by atomic mass is 32.2. The SMILES string of the molecule is O=S(=O)(O)C(F)(F)C(F)(F)N1C(F)(F)C(F)(F)N(C(F)(F)C(F)(F)S(=O)(=O)O)C(F)(F)C1(F)F. The minimum absolute atomic E-state index is 4.65. The van der Waals surface area contributed by atoms with E-state index >= 15 is 0 Å². The predicted molar refractivity (Wildman–Crippen MR) is 66.4 cm³/mol. The van der Waals surface area contributed by atoms with Crippen molar-refractivity contribution < 1.29 is 96.2 Å². The molecule has 1 saturated heterocycles. The van der Waals surface area contributed by atoms with Gasteiger partial charge in [-0.05, 0) is 0 Å². The first-order chi connectivity index (χ1) is 14.2. The Hall–Kier alpha value is -1.38. The fourth-order valence-electron chi connectivity index (χ4n) is 2.17. The number of halogens is 16. The lowest BCUT2D eigenvalue weighted by Crippen LogP contribution is -2.88. The Balaban J connectivity index is 4.17. The van der Waals surface area contributed by atoms with Crippen LogP contribution in [-0.4, -0.2) is 82.5 Å². The third-order valence-corrected chi connectivity index (χ3v) is 5.54. The van der Waals surface area contributed by atoms with E-state index < -0.39 is 76.8 Å². The lowest BCUT2D eigenvalue weighted by Gasteiger charge is -2.56. The van der Waals surface area contributed by atoms with Gasteiger partial charge in [-0.2, -0.15) is 87.1 Å². The van der Waals surface area contributed by atoms with Crippen LogP contribution in [0.3, 0.4) is 0 Å². The zero-order valence-corrected chi connectivity index (χ0v) is 15.9. The normalized spacial score (nSPS) is 24.8. The van der Waals surface area contributed by atoms with Crippen molar-refractivity contribution in [3.8, 4) is 0 Å². The lowest BCUT2D eigenvalue weighted by atomic mass is 10.1. The molecule has 0 spiro atoms. The predicted octanol–water partition coefficient (Wildman–Crippen LogP) is 3.12. The molecular formula is C8H2F16N2O6S2. The average Bonchev–Trinajstić information content (AvgIpc) is 2.49. The minimum atomic E-state index is -8.34. The van der Waals surface area contributed by atoms with Crippen molar-refractivity contribution in [3.05, 3.63) is 0 Å². The van der Waals surface area contributed by atoms with Crippen LogP contribution in [0.2, 0.25) is 0 Å². The van der Waals surface area contributed by atoms with Gasteiger partial charge in [0.2, 0.25) is 0 Å². The van der Waals surface area contributed by atoms with Gasteiger partial charge in [-0.15, -0.1) is 9.80 Å². The van der Waals surface area contributed by atoms with Gasteiger partial charge in [0.25, 0.3) is 0 Å². The lowest BCUT2D eigenvalue weighted by molar-refractivity contribution is -0.573.